The smallest absolute Gasteiger partial charge is 0.269 e. The minimum Gasteiger partial charge on any atom is -0.381 e. The van der Waals surface area contributed by atoms with E-state index >= 15 is 0 Å². The monoisotopic (exact) mass is 429 g/mol. The molecule has 2 N–H and O–H groups in total. The summed E-state index contributed by atoms with van der Waals surface area (Å²) in [6, 6.07) is 8.18. The first kappa shape index (κ1) is 20.1. The molecular weight excluding hydrogens is 406 g/mol. The molecule has 0 radical (unpaired) electrons. The molecule has 4 heterocycles. The van der Waals surface area contributed by atoms with E-state index in [-0.39, 0.29) is 11.7 Å². The van der Waals surface area contributed by atoms with E-state index in [9.17, 15) is 4.79 Å². The highest BCUT2D eigenvalue weighted by atomic mass is 16.5. The summed E-state index contributed by atoms with van der Waals surface area (Å²) in [7, 11) is 1.89. The second-order valence-electron chi connectivity index (χ2n) is 7.86. The number of nitrogens with zero attached hydrogens (tertiary/aromatic N) is 6. The van der Waals surface area contributed by atoms with Gasteiger partial charge in [0.05, 0.1) is 12.2 Å². The highest BCUT2D eigenvalue weighted by Gasteiger charge is 2.22. The third-order valence-corrected chi connectivity index (χ3v) is 5.65. The maximum atomic E-state index is 12.0. The minimum absolute atomic E-state index is 0.186. The van der Waals surface area contributed by atoms with E-state index in [4.69, 9.17) is 10.5 Å². The molecule has 0 atom stereocenters. The topological polar surface area (TPSA) is 114 Å². The van der Waals surface area contributed by atoms with Gasteiger partial charge in [-0.3, -0.25) is 14.2 Å². The quantitative estimate of drug-likeness (QED) is 0.522. The third kappa shape index (κ3) is 3.90. The molecule has 9 heteroatoms. The number of aromatic nitrogens is 6. The molecule has 1 amide bonds. The van der Waals surface area contributed by atoms with E-state index in [1.54, 1.807) is 17.1 Å². The number of nitrogens with two attached hydrogens (primary N) is 1. The molecule has 4 aromatic rings. The lowest BCUT2D eigenvalue weighted by molar-refractivity contribution is 0.0661. The molecule has 1 aliphatic rings. The Bertz CT molecular complexity index is 1250. The van der Waals surface area contributed by atoms with E-state index in [1.807, 2.05) is 54.6 Å². The first-order chi connectivity index (χ1) is 15.6. The maximum Gasteiger partial charge on any atom is 0.269 e. The third-order valence-electron chi connectivity index (χ3n) is 5.65. The Morgan fingerprint density at radius 1 is 1.03 bits per heavy atom. The average Bonchev–Trinajstić information content (AvgIpc) is 3.47. The zero-order valence-electron chi connectivity index (χ0n) is 17.7. The molecule has 0 spiro atoms. The largest absolute Gasteiger partial charge is 0.381 e. The van der Waals surface area contributed by atoms with Gasteiger partial charge in [0, 0.05) is 67.3 Å². The number of rotatable bonds is 5. The minimum atomic E-state index is -0.570. The van der Waals surface area contributed by atoms with Crippen molar-refractivity contribution in [2.45, 2.75) is 18.9 Å². The van der Waals surface area contributed by atoms with Crippen molar-refractivity contribution < 1.29 is 9.53 Å². The molecule has 1 aromatic carbocycles. The molecule has 32 heavy (non-hydrogen) atoms. The van der Waals surface area contributed by atoms with Crippen LogP contribution < -0.4 is 5.73 Å². The number of amides is 1. The molecule has 1 saturated heterocycles. The molecule has 0 aliphatic carbocycles. The number of benzene rings is 1. The van der Waals surface area contributed by atoms with Gasteiger partial charge in [0.25, 0.3) is 5.91 Å². The highest BCUT2D eigenvalue weighted by Crippen LogP contribution is 2.28. The number of ether oxygens (including phenoxy) is 1. The molecule has 0 unspecified atom stereocenters. The molecule has 5 rings (SSSR count). The molecule has 1 aliphatic heterocycles. The molecule has 1 fully saturated rings. The van der Waals surface area contributed by atoms with Crippen LogP contribution in [0.3, 0.4) is 0 Å². The number of primary amides is 1. The lowest BCUT2D eigenvalue weighted by Gasteiger charge is -2.22. The zero-order chi connectivity index (χ0) is 22.1. The summed E-state index contributed by atoms with van der Waals surface area (Å²) >= 11 is 0. The van der Waals surface area contributed by atoms with E-state index in [1.165, 1.54) is 0 Å². The predicted molar refractivity (Wildman–Crippen MR) is 118 cm³/mol. The number of hydrogen-bond acceptors (Lipinski definition) is 6. The van der Waals surface area contributed by atoms with Gasteiger partial charge in [-0.25, -0.2) is 9.97 Å². The standard InChI is InChI=1S/C23H23N7O2/c1-29-13-18(12-27-29)15-3-2-4-16(9-15)23-25-10-17(11-26-23)20-14-30(28-21(20)22(24)31)19-5-7-32-8-6-19/h2-4,9-14,19H,5-8H2,1H3,(H2,24,31). The van der Waals surface area contributed by atoms with E-state index in [0.717, 1.165) is 29.5 Å². The van der Waals surface area contributed by atoms with Crippen LogP contribution in [0.1, 0.15) is 29.4 Å². The Balaban J connectivity index is 1.45. The lowest BCUT2D eigenvalue weighted by atomic mass is 10.1. The van der Waals surface area contributed by atoms with Crippen molar-refractivity contribution in [3.63, 3.8) is 0 Å². The summed E-state index contributed by atoms with van der Waals surface area (Å²) in [6.07, 6.45) is 10.8. The summed E-state index contributed by atoms with van der Waals surface area (Å²) in [5.74, 6) is 0.0241. The number of aryl methyl sites for hydroxylation is 1. The van der Waals surface area contributed by atoms with Crippen LogP contribution in [0.15, 0.2) is 55.2 Å². The van der Waals surface area contributed by atoms with Crippen LogP contribution >= 0.6 is 0 Å². The van der Waals surface area contributed by atoms with E-state index in [2.05, 4.69) is 20.2 Å². The van der Waals surface area contributed by atoms with Gasteiger partial charge < -0.3 is 10.5 Å². The fourth-order valence-corrected chi connectivity index (χ4v) is 3.95. The Morgan fingerprint density at radius 3 is 2.47 bits per heavy atom. The Labute approximate surface area is 184 Å². The van der Waals surface area contributed by atoms with Crippen LogP contribution in [-0.4, -0.2) is 48.6 Å². The van der Waals surface area contributed by atoms with Gasteiger partial charge in [-0.1, -0.05) is 18.2 Å². The van der Waals surface area contributed by atoms with Crippen LogP contribution in [0.2, 0.25) is 0 Å². The van der Waals surface area contributed by atoms with Crippen LogP contribution in [0.4, 0.5) is 0 Å². The summed E-state index contributed by atoms with van der Waals surface area (Å²) in [6.45, 7) is 1.36. The number of hydrogen-bond donors (Lipinski definition) is 1. The second kappa shape index (κ2) is 8.35. The number of carbonyl (C=O) groups is 1. The predicted octanol–water partition coefficient (Wildman–Crippen LogP) is 2.86. The van der Waals surface area contributed by atoms with Crippen molar-refractivity contribution in [3.8, 4) is 33.6 Å². The van der Waals surface area contributed by atoms with E-state index in [0.29, 0.717) is 30.2 Å². The van der Waals surface area contributed by atoms with Gasteiger partial charge in [-0.15, -0.1) is 0 Å². The molecule has 162 valence electrons. The van der Waals surface area contributed by atoms with Gasteiger partial charge in [-0.2, -0.15) is 10.2 Å². The Hall–Kier alpha value is -3.85. The van der Waals surface area contributed by atoms with Crippen molar-refractivity contribution in [2.24, 2.45) is 12.8 Å². The number of carbonyl (C=O) groups excluding carboxylic acids is 1. The maximum absolute atomic E-state index is 12.0. The SMILES string of the molecule is Cn1cc(-c2cccc(-c3ncc(-c4cn(C5CCOCC5)nc4C(N)=O)cn3)c2)cn1. The van der Waals surface area contributed by atoms with Gasteiger partial charge >= 0.3 is 0 Å². The molecule has 0 saturated carbocycles. The van der Waals surface area contributed by atoms with Crippen molar-refractivity contribution in [3.05, 3.63) is 60.9 Å². The van der Waals surface area contributed by atoms with E-state index < -0.39 is 5.91 Å². The fourth-order valence-electron chi connectivity index (χ4n) is 3.95. The zero-order valence-corrected chi connectivity index (χ0v) is 17.7. The lowest BCUT2D eigenvalue weighted by Crippen LogP contribution is -2.21. The van der Waals surface area contributed by atoms with Crippen LogP contribution in [0.25, 0.3) is 33.6 Å². The van der Waals surface area contributed by atoms with Gasteiger partial charge in [0.1, 0.15) is 0 Å². The Morgan fingerprint density at radius 2 is 1.78 bits per heavy atom. The van der Waals surface area contributed by atoms with Crippen molar-refractivity contribution >= 4 is 5.91 Å². The summed E-state index contributed by atoms with van der Waals surface area (Å²) in [5, 5.41) is 8.69. The fraction of sp³-hybridized carbons (Fsp3) is 0.261. The van der Waals surface area contributed by atoms with Crippen molar-refractivity contribution in [1.29, 1.82) is 0 Å². The molecule has 0 bridgehead atoms. The first-order valence-corrected chi connectivity index (χ1v) is 10.5. The van der Waals surface area contributed by atoms with Crippen molar-refractivity contribution in [2.75, 3.05) is 13.2 Å². The summed E-state index contributed by atoms with van der Waals surface area (Å²) in [5.41, 5.74) is 10.1. The van der Waals surface area contributed by atoms with Gasteiger partial charge in [0.2, 0.25) is 0 Å². The average molecular weight is 429 g/mol. The Kier molecular flexibility index (Phi) is 5.24. The first-order valence-electron chi connectivity index (χ1n) is 10.5. The molecule has 9 nitrogen and oxygen atoms in total. The second-order valence-corrected chi connectivity index (χ2v) is 7.86. The van der Waals surface area contributed by atoms with Gasteiger partial charge in [0.15, 0.2) is 11.5 Å². The van der Waals surface area contributed by atoms with Crippen LogP contribution in [-0.2, 0) is 11.8 Å². The summed E-state index contributed by atoms with van der Waals surface area (Å²) in [4.78, 5) is 21.1. The highest BCUT2D eigenvalue weighted by molar-refractivity contribution is 5.97. The normalized spacial score (nSPS) is 14.5. The summed E-state index contributed by atoms with van der Waals surface area (Å²) < 4.78 is 9.02. The molecular formula is C23H23N7O2. The van der Waals surface area contributed by atoms with Crippen molar-refractivity contribution in [1.82, 2.24) is 29.5 Å². The van der Waals surface area contributed by atoms with Crippen LogP contribution in [0.5, 0.6) is 0 Å². The molecule has 3 aromatic heterocycles. The van der Waals surface area contributed by atoms with Gasteiger partial charge in [-0.05, 0) is 24.5 Å². The van der Waals surface area contributed by atoms with Crippen LogP contribution in [0, 0.1) is 0 Å².